The molecule has 0 bridgehead atoms. The third-order valence-corrected chi connectivity index (χ3v) is 4.64. The van der Waals surface area contributed by atoms with Gasteiger partial charge in [-0.05, 0) is 20.0 Å². The molecular weight excluding hydrogens is 336 g/mol. The maximum absolute atomic E-state index is 10.5. The molecule has 7 heteroatoms. The van der Waals surface area contributed by atoms with Crippen molar-refractivity contribution in [3.8, 4) is 0 Å². The summed E-state index contributed by atoms with van der Waals surface area (Å²) >= 11 is 0. The van der Waals surface area contributed by atoms with Gasteiger partial charge in [0.1, 0.15) is 0 Å². The zero-order chi connectivity index (χ0) is 17.4. The van der Waals surface area contributed by atoms with E-state index in [1.807, 2.05) is 7.05 Å². The number of phosphoric ester groups is 1. The Bertz CT molecular complexity index is 302. The van der Waals surface area contributed by atoms with E-state index in [1.165, 1.54) is 70.6 Å². The molecule has 0 saturated carbocycles. The molecule has 5 nitrogen and oxygen atoms in total. The number of unbranched alkanes of at least 4 members (excludes halogenated alkanes) is 11. The van der Waals surface area contributed by atoms with Gasteiger partial charge in [0.2, 0.25) is 0 Å². The summed E-state index contributed by atoms with van der Waals surface area (Å²) in [7, 11) is -2.35. The van der Waals surface area contributed by atoms with Gasteiger partial charge in [-0.2, -0.15) is 0 Å². The van der Waals surface area contributed by atoms with Crippen LogP contribution in [0.5, 0.6) is 0 Å². The number of hydrogen-bond donors (Lipinski definition) is 2. The molecule has 2 N–H and O–H groups in total. The van der Waals surface area contributed by atoms with Gasteiger partial charge in [-0.15, -0.1) is 0 Å². The molecule has 0 fully saturated rings. The monoisotopic (exact) mass is 375 g/mol. The Labute approximate surface area is 171 Å². The molecule has 0 aliphatic rings. The normalized spacial score (nSPS) is 11.7. The summed E-state index contributed by atoms with van der Waals surface area (Å²) < 4.78 is 15.0. The van der Waals surface area contributed by atoms with Gasteiger partial charge in [0.15, 0.2) is 0 Å². The van der Waals surface area contributed by atoms with Crippen LogP contribution in [-0.2, 0) is 9.09 Å². The van der Waals surface area contributed by atoms with E-state index in [0.29, 0.717) is 6.54 Å². The molecule has 0 atom stereocenters. The zero-order valence-electron chi connectivity index (χ0n) is 15.2. The molecular formula is C17H39NNaO4P. The van der Waals surface area contributed by atoms with Gasteiger partial charge < -0.3 is 14.7 Å². The van der Waals surface area contributed by atoms with Crippen LogP contribution in [0.1, 0.15) is 84.0 Å². The fourth-order valence-electron chi connectivity index (χ4n) is 2.65. The summed E-state index contributed by atoms with van der Waals surface area (Å²) in [6, 6.07) is 0. The summed E-state index contributed by atoms with van der Waals surface area (Å²) in [4.78, 5) is 19.2. The molecule has 0 aliphatic carbocycles. The molecule has 0 aromatic rings. The first-order valence-corrected chi connectivity index (χ1v) is 10.9. The minimum absolute atomic E-state index is 0. The van der Waals surface area contributed by atoms with E-state index in [2.05, 4.69) is 16.3 Å². The Morgan fingerprint density at radius 2 is 1.21 bits per heavy atom. The van der Waals surface area contributed by atoms with Crippen LogP contribution in [0.15, 0.2) is 0 Å². The van der Waals surface area contributed by atoms with E-state index in [-0.39, 0.29) is 36.2 Å². The summed E-state index contributed by atoms with van der Waals surface area (Å²) in [6.45, 7) is 3.86. The fourth-order valence-corrected chi connectivity index (χ4v) is 2.97. The second-order valence-corrected chi connectivity index (χ2v) is 7.76. The van der Waals surface area contributed by atoms with Gasteiger partial charge in [0.25, 0.3) is 0 Å². The fraction of sp³-hybridized carbons (Fsp3) is 1.00. The van der Waals surface area contributed by atoms with Crippen molar-refractivity contribution in [3.05, 3.63) is 0 Å². The number of nitrogens with zero attached hydrogens (tertiary/aromatic N) is 1. The van der Waals surface area contributed by atoms with Crippen LogP contribution in [0.4, 0.5) is 0 Å². The Hall–Kier alpha value is 1.07. The van der Waals surface area contributed by atoms with Gasteiger partial charge in [-0.1, -0.05) is 77.6 Å². The number of likely N-dealkylation sites (N-methyl/N-ethyl adjacent to an activating group) is 1. The van der Waals surface area contributed by atoms with Crippen molar-refractivity contribution >= 4 is 37.4 Å². The van der Waals surface area contributed by atoms with Crippen molar-refractivity contribution in [1.82, 2.24) is 4.90 Å². The average molecular weight is 375 g/mol. The molecule has 0 radical (unpaired) electrons. The third kappa shape index (κ3) is 23.1. The van der Waals surface area contributed by atoms with Crippen LogP contribution in [0, 0.1) is 0 Å². The molecule has 0 aliphatic heterocycles. The van der Waals surface area contributed by atoms with Crippen molar-refractivity contribution in [2.45, 2.75) is 84.0 Å². The quantitative estimate of drug-likeness (QED) is 0.228. The molecule has 0 saturated heterocycles. The molecule has 0 heterocycles. The zero-order valence-corrected chi connectivity index (χ0v) is 16.1. The first kappa shape index (κ1) is 27.3. The second-order valence-electron chi connectivity index (χ2n) is 6.52. The van der Waals surface area contributed by atoms with E-state index in [0.717, 1.165) is 13.0 Å². The van der Waals surface area contributed by atoms with Crippen LogP contribution < -0.4 is 0 Å². The number of hydrogen-bond acceptors (Lipinski definition) is 3. The van der Waals surface area contributed by atoms with Crippen LogP contribution in [-0.4, -0.2) is 71.0 Å². The van der Waals surface area contributed by atoms with Crippen LogP contribution >= 0.6 is 7.82 Å². The van der Waals surface area contributed by atoms with Gasteiger partial charge in [-0.3, -0.25) is 4.52 Å². The standard InChI is InChI=1S/C17H38NO4P.Na.H/c1-3-4-5-6-7-8-9-10-11-12-13-14-15-18(2)16-17-22-23(19,20)21;;/h3-17H2,1-2H3,(H2,19,20,21);;. The predicted molar refractivity (Wildman–Crippen MR) is 104 cm³/mol. The maximum atomic E-state index is 10.5. The average Bonchev–Trinajstić information content (AvgIpc) is 2.47. The minimum atomic E-state index is -4.31. The molecule has 142 valence electrons. The van der Waals surface area contributed by atoms with Crippen molar-refractivity contribution < 1.29 is 18.9 Å². The summed E-state index contributed by atoms with van der Waals surface area (Å²) in [5.41, 5.74) is 0. The molecule has 0 unspecified atom stereocenters. The van der Waals surface area contributed by atoms with Crippen molar-refractivity contribution in [1.29, 1.82) is 0 Å². The molecule has 0 rings (SSSR count). The van der Waals surface area contributed by atoms with E-state index >= 15 is 0 Å². The Morgan fingerprint density at radius 1 is 0.792 bits per heavy atom. The molecule has 0 spiro atoms. The molecule has 0 amide bonds. The van der Waals surface area contributed by atoms with Gasteiger partial charge in [-0.25, -0.2) is 4.57 Å². The number of phosphoric acid groups is 1. The Balaban J connectivity index is 0. The molecule has 24 heavy (non-hydrogen) atoms. The first-order chi connectivity index (χ1) is 11.0. The topological polar surface area (TPSA) is 70.0 Å². The Kier molecular flexibility index (Phi) is 21.4. The second kappa shape index (κ2) is 18.8. The predicted octanol–water partition coefficient (Wildman–Crippen LogP) is 4.08. The summed E-state index contributed by atoms with van der Waals surface area (Å²) in [5.74, 6) is 0. The SMILES string of the molecule is CCCCCCCCCCCCCCN(C)CCOP(=O)(O)O.[NaH]. The first-order valence-electron chi connectivity index (χ1n) is 9.34. The summed E-state index contributed by atoms with van der Waals surface area (Å²) in [6.07, 6.45) is 16.1. The van der Waals surface area contributed by atoms with E-state index in [9.17, 15) is 4.57 Å². The van der Waals surface area contributed by atoms with E-state index in [1.54, 1.807) is 0 Å². The Morgan fingerprint density at radius 3 is 1.62 bits per heavy atom. The van der Waals surface area contributed by atoms with Crippen LogP contribution in [0.2, 0.25) is 0 Å². The summed E-state index contributed by atoms with van der Waals surface area (Å²) in [5, 5.41) is 0. The third-order valence-electron chi connectivity index (χ3n) is 4.13. The van der Waals surface area contributed by atoms with E-state index in [4.69, 9.17) is 9.79 Å². The van der Waals surface area contributed by atoms with Crippen LogP contribution in [0.3, 0.4) is 0 Å². The van der Waals surface area contributed by atoms with Crippen LogP contribution in [0.25, 0.3) is 0 Å². The van der Waals surface area contributed by atoms with Crippen molar-refractivity contribution in [2.75, 3.05) is 26.7 Å². The van der Waals surface area contributed by atoms with E-state index < -0.39 is 7.82 Å². The molecule has 0 aromatic carbocycles. The van der Waals surface area contributed by atoms with Crippen molar-refractivity contribution in [2.24, 2.45) is 0 Å². The van der Waals surface area contributed by atoms with Gasteiger partial charge in [0, 0.05) is 6.54 Å². The number of rotatable bonds is 17. The van der Waals surface area contributed by atoms with Gasteiger partial charge in [0.05, 0.1) is 6.61 Å². The van der Waals surface area contributed by atoms with Crippen molar-refractivity contribution in [3.63, 3.8) is 0 Å². The van der Waals surface area contributed by atoms with Gasteiger partial charge >= 0.3 is 37.4 Å². The molecule has 0 aromatic heterocycles.